The molecule has 1 atom stereocenters. The third kappa shape index (κ3) is 1.76. The van der Waals surface area contributed by atoms with Crippen molar-refractivity contribution in [2.75, 3.05) is 0 Å². The van der Waals surface area contributed by atoms with Crippen LogP contribution in [0.15, 0.2) is 18.2 Å². The lowest BCUT2D eigenvalue weighted by Crippen LogP contribution is -1.94. The van der Waals surface area contributed by atoms with Crippen LogP contribution in [0.4, 0.5) is 4.39 Å². The largest absolute Gasteiger partial charge is 0.376 e. The number of terminal acetylenes is 1. The second-order valence-electron chi connectivity index (χ2n) is 2.24. The van der Waals surface area contributed by atoms with Crippen LogP contribution in [0, 0.1) is 18.2 Å². The molecule has 0 aliphatic carbocycles. The van der Waals surface area contributed by atoms with Crippen LogP contribution in [0.2, 0.25) is 5.02 Å². The van der Waals surface area contributed by atoms with Crippen molar-refractivity contribution in [1.29, 1.82) is 0 Å². The normalized spacial score (nSPS) is 12.2. The van der Waals surface area contributed by atoms with E-state index in [1.165, 1.54) is 12.1 Å². The summed E-state index contributed by atoms with van der Waals surface area (Å²) in [6.45, 7) is 0. The molecule has 0 unspecified atom stereocenters. The van der Waals surface area contributed by atoms with Gasteiger partial charge in [0.25, 0.3) is 0 Å². The first-order valence-electron chi connectivity index (χ1n) is 3.24. The van der Waals surface area contributed by atoms with Crippen LogP contribution in [0.25, 0.3) is 0 Å². The summed E-state index contributed by atoms with van der Waals surface area (Å²) < 4.78 is 12.5. The Balaban J connectivity index is 3.11. The van der Waals surface area contributed by atoms with Gasteiger partial charge in [-0.1, -0.05) is 23.6 Å². The Morgan fingerprint density at radius 2 is 2.25 bits per heavy atom. The van der Waals surface area contributed by atoms with Crippen LogP contribution in [0.3, 0.4) is 0 Å². The van der Waals surface area contributed by atoms with Gasteiger partial charge in [0, 0.05) is 5.56 Å². The third-order valence-electron chi connectivity index (χ3n) is 1.41. The van der Waals surface area contributed by atoms with E-state index in [2.05, 4.69) is 5.92 Å². The molecule has 0 aliphatic heterocycles. The molecule has 1 nitrogen and oxygen atoms in total. The minimum Gasteiger partial charge on any atom is -0.376 e. The number of rotatable bonds is 1. The standard InChI is InChI=1S/C9H6ClFO/c1-2-9(12)7-4-3-6(11)5-8(7)10/h1,3-5,9,12H/t9-/m1/s1. The van der Waals surface area contributed by atoms with Gasteiger partial charge < -0.3 is 5.11 Å². The predicted octanol–water partition coefficient (Wildman–Crippen LogP) is 2.15. The molecule has 12 heavy (non-hydrogen) atoms. The number of hydrogen-bond acceptors (Lipinski definition) is 1. The number of aliphatic hydroxyl groups excluding tert-OH is 1. The van der Waals surface area contributed by atoms with Crippen molar-refractivity contribution in [2.24, 2.45) is 0 Å². The lowest BCUT2D eigenvalue weighted by molar-refractivity contribution is 0.238. The van der Waals surface area contributed by atoms with E-state index in [4.69, 9.17) is 23.1 Å². The molecule has 0 aromatic heterocycles. The first-order valence-corrected chi connectivity index (χ1v) is 3.62. The van der Waals surface area contributed by atoms with Crippen LogP contribution in [-0.4, -0.2) is 5.11 Å². The second-order valence-corrected chi connectivity index (χ2v) is 2.64. The molecule has 1 aromatic carbocycles. The monoisotopic (exact) mass is 184 g/mol. The van der Waals surface area contributed by atoms with E-state index in [0.717, 1.165) is 6.07 Å². The van der Waals surface area contributed by atoms with E-state index in [-0.39, 0.29) is 5.02 Å². The molecule has 0 spiro atoms. The molecule has 1 aromatic rings. The van der Waals surface area contributed by atoms with Crippen LogP contribution < -0.4 is 0 Å². The third-order valence-corrected chi connectivity index (χ3v) is 1.74. The molecule has 1 rings (SSSR count). The van der Waals surface area contributed by atoms with Crippen molar-refractivity contribution in [2.45, 2.75) is 6.10 Å². The molecule has 0 bridgehead atoms. The summed E-state index contributed by atoms with van der Waals surface area (Å²) >= 11 is 5.61. The minimum absolute atomic E-state index is 0.139. The van der Waals surface area contributed by atoms with Crippen molar-refractivity contribution >= 4 is 11.6 Å². The van der Waals surface area contributed by atoms with Gasteiger partial charge in [0.1, 0.15) is 11.9 Å². The summed E-state index contributed by atoms with van der Waals surface area (Å²) in [5.74, 6) is 1.64. The zero-order chi connectivity index (χ0) is 9.14. The molecule has 0 saturated carbocycles. The zero-order valence-electron chi connectivity index (χ0n) is 6.09. The first-order chi connectivity index (χ1) is 5.65. The van der Waals surface area contributed by atoms with Crippen molar-refractivity contribution < 1.29 is 9.50 Å². The maximum atomic E-state index is 12.5. The molecule has 0 heterocycles. The predicted molar refractivity (Wildman–Crippen MR) is 45.2 cm³/mol. The maximum absolute atomic E-state index is 12.5. The fraction of sp³-hybridized carbons (Fsp3) is 0.111. The molecular weight excluding hydrogens is 179 g/mol. The topological polar surface area (TPSA) is 20.2 Å². The molecule has 0 radical (unpaired) electrons. The van der Waals surface area contributed by atoms with Crippen LogP contribution in [0.1, 0.15) is 11.7 Å². The quantitative estimate of drug-likeness (QED) is 0.663. The first kappa shape index (κ1) is 9.05. The highest BCUT2D eigenvalue weighted by Gasteiger charge is 2.08. The van der Waals surface area contributed by atoms with Gasteiger partial charge in [-0.05, 0) is 12.1 Å². The molecule has 0 saturated heterocycles. The Morgan fingerprint density at radius 1 is 1.58 bits per heavy atom. The molecule has 3 heteroatoms. The van der Waals surface area contributed by atoms with E-state index in [9.17, 15) is 4.39 Å². The smallest absolute Gasteiger partial charge is 0.141 e. The average molecular weight is 185 g/mol. The van der Waals surface area contributed by atoms with Gasteiger partial charge in [0.2, 0.25) is 0 Å². The highest BCUT2D eigenvalue weighted by molar-refractivity contribution is 6.31. The van der Waals surface area contributed by atoms with E-state index in [1.54, 1.807) is 0 Å². The van der Waals surface area contributed by atoms with Crippen LogP contribution >= 0.6 is 11.6 Å². The summed E-state index contributed by atoms with van der Waals surface area (Å²) in [4.78, 5) is 0. The Kier molecular flexibility index (Phi) is 2.69. The Morgan fingerprint density at radius 3 is 2.75 bits per heavy atom. The highest BCUT2D eigenvalue weighted by atomic mass is 35.5. The highest BCUT2D eigenvalue weighted by Crippen LogP contribution is 2.22. The van der Waals surface area contributed by atoms with Gasteiger partial charge in [-0.2, -0.15) is 0 Å². The molecule has 62 valence electrons. The van der Waals surface area contributed by atoms with Gasteiger partial charge in [-0.3, -0.25) is 0 Å². The average Bonchev–Trinajstić information content (AvgIpc) is 2.03. The Labute approximate surface area is 74.8 Å². The summed E-state index contributed by atoms with van der Waals surface area (Å²) in [7, 11) is 0. The van der Waals surface area contributed by atoms with Crippen molar-refractivity contribution in [1.82, 2.24) is 0 Å². The van der Waals surface area contributed by atoms with Crippen molar-refractivity contribution in [3.05, 3.63) is 34.6 Å². The lowest BCUT2D eigenvalue weighted by atomic mass is 10.1. The summed E-state index contributed by atoms with van der Waals surface area (Å²) in [6, 6.07) is 3.67. The summed E-state index contributed by atoms with van der Waals surface area (Å²) in [5, 5.41) is 9.30. The van der Waals surface area contributed by atoms with E-state index in [0.29, 0.717) is 5.56 Å². The fourth-order valence-corrected chi connectivity index (χ4v) is 1.08. The van der Waals surface area contributed by atoms with Gasteiger partial charge in [0.15, 0.2) is 0 Å². The number of halogens is 2. The van der Waals surface area contributed by atoms with Crippen molar-refractivity contribution in [3.63, 3.8) is 0 Å². The van der Waals surface area contributed by atoms with Crippen molar-refractivity contribution in [3.8, 4) is 12.3 Å². The molecule has 0 aliphatic rings. The Hall–Kier alpha value is -1.04. The van der Waals surface area contributed by atoms with Gasteiger partial charge in [0.05, 0.1) is 5.02 Å². The molecule has 0 fully saturated rings. The van der Waals surface area contributed by atoms with Gasteiger partial charge >= 0.3 is 0 Å². The fourth-order valence-electron chi connectivity index (χ4n) is 0.813. The van der Waals surface area contributed by atoms with Gasteiger partial charge in [-0.25, -0.2) is 4.39 Å². The van der Waals surface area contributed by atoms with E-state index in [1.807, 2.05) is 0 Å². The maximum Gasteiger partial charge on any atom is 0.141 e. The van der Waals surface area contributed by atoms with Crippen LogP contribution in [0.5, 0.6) is 0 Å². The lowest BCUT2D eigenvalue weighted by Gasteiger charge is -2.05. The summed E-state index contributed by atoms with van der Waals surface area (Å²) in [5.41, 5.74) is 0.348. The molecular formula is C9H6ClFO. The van der Waals surface area contributed by atoms with Crippen LogP contribution in [-0.2, 0) is 0 Å². The summed E-state index contributed by atoms with van der Waals surface area (Å²) in [6.07, 6.45) is 3.89. The minimum atomic E-state index is -1.07. The molecule has 0 amide bonds. The Bertz CT molecular complexity index is 330. The molecule has 1 N–H and O–H groups in total. The van der Waals surface area contributed by atoms with E-state index >= 15 is 0 Å². The number of benzene rings is 1. The van der Waals surface area contributed by atoms with Gasteiger partial charge in [-0.15, -0.1) is 6.42 Å². The SMILES string of the molecule is C#C[C@@H](O)c1ccc(F)cc1Cl. The number of hydrogen-bond donors (Lipinski definition) is 1. The number of aliphatic hydroxyl groups is 1. The zero-order valence-corrected chi connectivity index (χ0v) is 6.85. The second kappa shape index (κ2) is 3.57. The van der Waals surface area contributed by atoms with E-state index < -0.39 is 11.9 Å².